The summed E-state index contributed by atoms with van der Waals surface area (Å²) in [6, 6.07) is 25.2. The summed E-state index contributed by atoms with van der Waals surface area (Å²) in [5.41, 5.74) is 32.5. The number of nitrogen functional groups attached to an aromatic ring is 2. The maximum Gasteiger partial charge on any atom is 0.243 e. The molecule has 4 unspecified atom stereocenters. The molecule has 0 fully saturated rings. The average molecular weight is 1290 g/mol. The number of unbranched alkanes of at least 4 members (excludes halogenated alkanes) is 4. The highest BCUT2D eigenvalue weighted by Crippen LogP contribution is 2.32. The molecule has 0 bridgehead atoms. The number of aromatic amines is 2. The third-order valence-corrected chi connectivity index (χ3v) is 17.4. The van der Waals surface area contributed by atoms with Crippen molar-refractivity contribution in [3.05, 3.63) is 132 Å². The van der Waals surface area contributed by atoms with Gasteiger partial charge in [0.2, 0.25) is 41.4 Å². The van der Waals surface area contributed by atoms with Crippen LogP contribution in [0.4, 0.5) is 11.6 Å². The zero-order valence-electron chi connectivity index (χ0n) is 53.9. The summed E-state index contributed by atoms with van der Waals surface area (Å²) in [5, 5.41) is 20.3. The topological polar surface area (TPSA) is 389 Å². The number of H-pyrrole nitrogens is 2. The minimum Gasteiger partial charge on any atom is -0.382 e. The molecule has 0 saturated heterocycles. The van der Waals surface area contributed by atoms with E-state index in [9.17, 15) is 33.6 Å². The number of para-hydroxylation sites is 4. The number of carbonyl (C=O) groups excluding carboxylic acids is 7. The van der Waals surface area contributed by atoms with E-state index < -0.39 is 66.2 Å². The highest BCUT2D eigenvalue weighted by atomic mass is 16.2. The Morgan fingerprint density at radius 3 is 1.42 bits per heavy atom. The molecule has 25 heteroatoms. The van der Waals surface area contributed by atoms with Crippen LogP contribution in [0, 0.1) is 0 Å². The lowest BCUT2D eigenvalue weighted by molar-refractivity contribution is -0.134. The van der Waals surface area contributed by atoms with Crippen LogP contribution in [0.25, 0.3) is 65.7 Å². The van der Waals surface area contributed by atoms with Crippen molar-refractivity contribution in [2.24, 2.45) is 11.5 Å². The first-order chi connectivity index (χ1) is 46.1. The van der Waals surface area contributed by atoms with E-state index in [-0.39, 0.29) is 44.4 Å². The Bertz CT molecular complexity index is 4400. The van der Waals surface area contributed by atoms with Crippen molar-refractivity contribution in [2.75, 3.05) is 31.1 Å². The van der Waals surface area contributed by atoms with Crippen LogP contribution >= 0.6 is 0 Å². The van der Waals surface area contributed by atoms with Gasteiger partial charge in [0.15, 0.2) is 11.6 Å². The van der Waals surface area contributed by atoms with Gasteiger partial charge in [-0.1, -0.05) is 99.5 Å². The van der Waals surface area contributed by atoms with Gasteiger partial charge < -0.3 is 73.9 Å². The number of nitrogens with zero attached hydrogens (tertiary/aromatic N) is 6. The van der Waals surface area contributed by atoms with Gasteiger partial charge in [0.05, 0.1) is 34.7 Å². The van der Waals surface area contributed by atoms with Crippen LogP contribution in [0.2, 0.25) is 0 Å². The van der Waals surface area contributed by atoms with Gasteiger partial charge in [0, 0.05) is 110 Å². The number of anilines is 2. The number of aromatic nitrogens is 8. The van der Waals surface area contributed by atoms with Gasteiger partial charge in [-0.25, -0.2) is 19.9 Å². The van der Waals surface area contributed by atoms with E-state index in [4.69, 9.17) is 32.9 Å². The SMILES string of the molecule is CCCCc1nc2c(N)nc3ccccc3c2n1CCCCNC(=O)CCC(N)C(=O)NC(Cc1c[nH]c2ccccc12)C(=O)NC(CCC(=O)NCCCCn1c(CCCC)nc2c(N)nc3ccccc3c21)C(=O)NC(Cc1c[nH]c2ccccc12)C(=O)NCC(N)=O. The lowest BCUT2D eigenvalue weighted by atomic mass is 10.0. The molecule has 10 rings (SSSR count). The van der Waals surface area contributed by atoms with Crippen molar-refractivity contribution in [3.63, 3.8) is 0 Å². The van der Waals surface area contributed by atoms with Gasteiger partial charge in [-0.15, -0.1) is 0 Å². The molecule has 25 nitrogen and oxygen atoms in total. The zero-order chi connectivity index (χ0) is 67.0. The summed E-state index contributed by atoms with van der Waals surface area (Å²) < 4.78 is 4.43. The molecule has 498 valence electrons. The number of rotatable bonds is 35. The molecule has 0 saturated carbocycles. The van der Waals surface area contributed by atoms with E-state index in [0.717, 1.165) is 111 Å². The maximum absolute atomic E-state index is 14.9. The van der Waals surface area contributed by atoms with Crippen molar-refractivity contribution >= 4 is 119 Å². The third kappa shape index (κ3) is 16.7. The Morgan fingerprint density at radius 1 is 0.495 bits per heavy atom. The number of fused-ring (bicyclic) bond motifs is 8. The lowest BCUT2D eigenvalue weighted by Gasteiger charge is -2.26. The van der Waals surface area contributed by atoms with Crippen LogP contribution in [0.15, 0.2) is 109 Å². The second kappa shape index (κ2) is 31.9. The highest BCUT2D eigenvalue weighted by molar-refractivity contribution is 6.08. The molecule has 95 heavy (non-hydrogen) atoms. The number of hydrogen-bond acceptors (Lipinski definition) is 14. The maximum atomic E-state index is 14.9. The quantitative estimate of drug-likeness (QED) is 0.0196. The summed E-state index contributed by atoms with van der Waals surface area (Å²) in [7, 11) is 0. The zero-order valence-corrected chi connectivity index (χ0v) is 53.9. The molecule has 16 N–H and O–H groups in total. The van der Waals surface area contributed by atoms with Crippen LogP contribution in [-0.4, -0.2) is 124 Å². The fourth-order valence-corrected chi connectivity index (χ4v) is 12.3. The number of pyridine rings is 2. The Morgan fingerprint density at radius 2 is 0.926 bits per heavy atom. The van der Waals surface area contributed by atoms with Crippen LogP contribution in [0.1, 0.15) is 114 Å². The average Bonchev–Trinajstić information content (AvgIpc) is 1.61. The summed E-state index contributed by atoms with van der Waals surface area (Å²) in [5.74, 6) is -1.94. The third-order valence-electron chi connectivity index (χ3n) is 17.4. The number of imidazole rings is 2. The highest BCUT2D eigenvalue weighted by Gasteiger charge is 2.33. The number of carbonyl (C=O) groups is 7. The summed E-state index contributed by atoms with van der Waals surface area (Å²) >= 11 is 0. The predicted octanol–water partition coefficient (Wildman–Crippen LogP) is 6.22. The number of nitrogens with one attached hydrogen (secondary N) is 8. The molecule has 6 heterocycles. The summed E-state index contributed by atoms with van der Waals surface area (Å²) in [6.07, 6.45) is 10.9. The first-order valence-electron chi connectivity index (χ1n) is 33.0. The van der Waals surface area contributed by atoms with E-state index in [1.807, 2.05) is 97.1 Å². The Balaban J connectivity index is 0.807. The molecule has 4 aromatic carbocycles. The molecule has 7 amide bonds. The van der Waals surface area contributed by atoms with Crippen LogP contribution < -0.4 is 54.8 Å². The van der Waals surface area contributed by atoms with E-state index >= 15 is 0 Å². The largest absolute Gasteiger partial charge is 0.382 e. The van der Waals surface area contributed by atoms with Gasteiger partial charge in [-0.05, 0) is 86.8 Å². The summed E-state index contributed by atoms with van der Waals surface area (Å²) in [6.45, 7) is 5.69. The first-order valence-corrected chi connectivity index (χ1v) is 33.0. The molecule has 4 atom stereocenters. The van der Waals surface area contributed by atoms with Gasteiger partial charge in [-0.3, -0.25) is 33.6 Å². The molecular weight excluding hydrogens is 1200 g/mol. The predicted molar refractivity (Wildman–Crippen MR) is 369 cm³/mol. The minimum atomic E-state index is -1.45. The van der Waals surface area contributed by atoms with Crippen molar-refractivity contribution in [2.45, 2.75) is 154 Å². The second-order valence-corrected chi connectivity index (χ2v) is 24.3. The van der Waals surface area contributed by atoms with Gasteiger partial charge >= 0.3 is 0 Å². The van der Waals surface area contributed by atoms with E-state index in [0.29, 0.717) is 79.2 Å². The Kier molecular flexibility index (Phi) is 22.7. The van der Waals surface area contributed by atoms with Crippen molar-refractivity contribution in [1.29, 1.82) is 0 Å². The first kappa shape index (κ1) is 67.5. The molecule has 0 aliphatic rings. The molecule has 0 radical (unpaired) electrons. The molecule has 6 aromatic heterocycles. The van der Waals surface area contributed by atoms with Gasteiger partial charge in [-0.2, -0.15) is 0 Å². The number of benzene rings is 4. The standard InChI is InChI=1S/C70H86N18O7/c1-3-5-27-57-85-61-63(46-21-9-13-25-51(46)80-65(61)73)87(57)35-17-15-33-75-59(90)31-29-48(71)67(92)83-55(38-43-40-78-50-24-12-8-20-45(43)50)70(95)82-53(69(94)84-54(68(93)79-41-56(72)89)37-42-39-77-49-23-11-7-19-44(42)49)30-32-60(91)76-34-16-18-36-88-58(28-6-4-2)86-62-64(88)47-22-10-14-26-52(47)81-66(62)74/h7-14,19-26,39-40,48,53-55,77-78H,3-6,15-18,27-38,41,71H2,1-2H3,(H2,72,89)(H2,73,80)(H2,74,81)(H,75,90)(H,76,91)(H,79,93)(H,82,95)(H,83,92)(H,84,94). The summed E-state index contributed by atoms with van der Waals surface area (Å²) in [4.78, 5) is 122. The second-order valence-electron chi connectivity index (χ2n) is 24.3. The normalized spacial score (nSPS) is 12.9. The van der Waals surface area contributed by atoms with Crippen molar-refractivity contribution in [1.82, 2.24) is 70.9 Å². The van der Waals surface area contributed by atoms with Gasteiger partial charge in [0.25, 0.3) is 0 Å². The van der Waals surface area contributed by atoms with Crippen LogP contribution in [0.3, 0.4) is 0 Å². The fourth-order valence-electron chi connectivity index (χ4n) is 12.3. The number of nitrogens with two attached hydrogens (primary N) is 4. The molecule has 10 aromatic rings. The number of primary amides is 1. The van der Waals surface area contributed by atoms with E-state index in [1.54, 1.807) is 12.4 Å². The number of amides is 7. The van der Waals surface area contributed by atoms with Gasteiger partial charge in [0.1, 0.15) is 40.8 Å². The molecule has 0 spiro atoms. The number of hydrogen-bond donors (Lipinski definition) is 12. The van der Waals surface area contributed by atoms with Crippen LogP contribution in [-0.2, 0) is 72.3 Å². The number of aryl methyl sites for hydroxylation is 4. The minimum absolute atomic E-state index is 0.0394. The molecule has 0 aliphatic carbocycles. The smallest absolute Gasteiger partial charge is 0.243 e. The Hall–Kier alpha value is -10.4. The van der Waals surface area contributed by atoms with Crippen molar-refractivity contribution < 1.29 is 33.6 Å². The van der Waals surface area contributed by atoms with E-state index in [1.165, 1.54) is 0 Å². The monoisotopic (exact) mass is 1290 g/mol. The van der Waals surface area contributed by atoms with Crippen molar-refractivity contribution in [3.8, 4) is 0 Å². The Labute approximate surface area is 549 Å². The fraction of sp³-hybridized carbons (Fsp3) is 0.386. The molecular formula is C70H86N18O7. The molecule has 0 aliphatic heterocycles. The van der Waals surface area contributed by atoms with E-state index in [2.05, 4.69) is 74.8 Å². The lowest BCUT2D eigenvalue weighted by Crippen LogP contribution is -2.58. The van der Waals surface area contributed by atoms with Crippen LogP contribution in [0.5, 0.6) is 0 Å².